The van der Waals surface area contributed by atoms with Gasteiger partial charge in [-0.3, -0.25) is 9.59 Å². The molecule has 0 unspecified atom stereocenters. The van der Waals surface area contributed by atoms with Crippen molar-refractivity contribution in [2.45, 2.75) is 5.75 Å². The number of carbonyl (C=O) groups is 2. The quantitative estimate of drug-likeness (QED) is 0.258. The molecule has 2 amide bonds. The Morgan fingerprint density at radius 3 is 2.55 bits per heavy atom. The van der Waals surface area contributed by atoms with Crippen LogP contribution in [0.1, 0.15) is 20.8 Å². The largest absolute Gasteiger partial charge is 0.497 e. The van der Waals surface area contributed by atoms with Crippen LogP contribution in [0.2, 0.25) is 10.0 Å². The fourth-order valence-electron chi connectivity index (χ4n) is 2.76. The van der Waals surface area contributed by atoms with Gasteiger partial charge < -0.3 is 15.4 Å². The molecule has 0 aliphatic carbocycles. The Bertz CT molecular complexity index is 1120. The summed E-state index contributed by atoms with van der Waals surface area (Å²) in [6.07, 6.45) is 1.67. The lowest BCUT2D eigenvalue weighted by atomic mass is 10.2. The highest BCUT2D eigenvalue weighted by Crippen LogP contribution is 2.24. The number of ether oxygens (including phenoxy) is 1. The Morgan fingerprint density at radius 2 is 1.88 bits per heavy atom. The van der Waals surface area contributed by atoms with Gasteiger partial charge in [0.2, 0.25) is 0 Å². The van der Waals surface area contributed by atoms with Crippen molar-refractivity contribution in [1.82, 2.24) is 10.6 Å². The van der Waals surface area contributed by atoms with E-state index in [0.717, 1.165) is 16.2 Å². The topological polar surface area (TPSA) is 67.4 Å². The molecule has 2 aromatic carbocycles. The van der Waals surface area contributed by atoms with E-state index >= 15 is 0 Å². The van der Waals surface area contributed by atoms with Gasteiger partial charge in [-0.1, -0.05) is 35.3 Å². The predicted molar refractivity (Wildman–Crippen MR) is 138 cm³/mol. The molecule has 1 heterocycles. The zero-order chi connectivity index (χ0) is 23.6. The molecule has 1 aromatic heterocycles. The summed E-state index contributed by atoms with van der Waals surface area (Å²) in [4.78, 5) is 26.3. The highest BCUT2D eigenvalue weighted by molar-refractivity contribution is 7.98. The SMILES string of the molecule is COc1ccc(C(=O)N/C(=C\c2cccs2)C(=O)NCCSCc2ccc(Cl)c(Cl)c2)cc1. The van der Waals surface area contributed by atoms with E-state index in [1.807, 2.05) is 29.6 Å². The molecule has 5 nitrogen and oxygen atoms in total. The molecule has 2 N–H and O–H groups in total. The average Bonchev–Trinajstić information content (AvgIpc) is 3.33. The van der Waals surface area contributed by atoms with Gasteiger partial charge in [0.05, 0.1) is 17.2 Å². The van der Waals surface area contributed by atoms with E-state index in [1.165, 1.54) is 11.3 Å². The number of thiophene rings is 1. The first kappa shape index (κ1) is 25.2. The maximum Gasteiger partial charge on any atom is 0.267 e. The summed E-state index contributed by atoms with van der Waals surface area (Å²) in [7, 11) is 1.56. The first-order chi connectivity index (χ1) is 16.0. The van der Waals surface area contributed by atoms with E-state index in [4.69, 9.17) is 27.9 Å². The van der Waals surface area contributed by atoms with Crippen molar-refractivity contribution in [2.24, 2.45) is 0 Å². The standard InChI is InChI=1S/C24H22Cl2N2O3S2/c1-31-18-7-5-17(6-8-18)23(29)28-22(14-19-3-2-11-33-19)24(30)27-10-12-32-15-16-4-9-20(25)21(26)13-16/h2-9,11,13-14H,10,12,15H2,1H3,(H,27,30)(H,28,29)/b22-14-. The Balaban J connectivity index is 1.56. The molecule has 0 saturated carbocycles. The van der Waals surface area contributed by atoms with E-state index in [2.05, 4.69) is 10.6 Å². The van der Waals surface area contributed by atoms with Crippen LogP contribution in [-0.2, 0) is 10.5 Å². The van der Waals surface area contributed by atoms with Gasteiger partial charge in [0.25, 0.3) is 11.8 Å². The van der Waals surface area contributed by atoms with Gasteiger partial charge in [0, 0.05) is 28.5 Å². The van der Waals surface area contributed by atoms with Gasteiger partial charge in [0.1, 0.15) is 11.4 Å². The molecule has 0 atom stereocenters. The van der Waals surface area contributed by atoms with E-state index in [-0.39, 0.29) is 17.5 Å². The number of rotatable bonds is 10. The maximum absolute atomic E-state index is 12.8. The number of halogens is 2. The molecule has 0 aliphatic rings. The highest BCUT2D eigenvalue weighted by Gasteiger charge is 2.15. The van der Waals surface area contributed by atoms with Crippen LogP contribution in [0.4, 0.5) is 0 Å². The van der Waals surface area contributed by atoms with Crippen LogP contribution in [0.3, 0.4) is 0 Å². The first-order valence-electron chi connectivity index (χ1n) is 9.96. The number of thioether (sulfide) groups is 1. The molecular formula is C24H22Cl2N2O3S2. The predicted octanol–water partition coefficient (Wildman–Crippen LogP) is 5.88. The minimum atomic E-state index is -0.371. The number of carbonyl (C=O) groups excluding carboxylic acids is 2. The van der Waals surface area contributed by atoms with E-state index in [1.54, 1.807) is 55.3 Å². The minimum Gasteiger partial charge on any atom is -0.497 e. The van der Waals surface area contributed by atoms with Crippen LogP contribution < -0.4 is 15.4 Å². The summed E-state index contributed by atoms with van der Waals surface area (Å²) in [5.41, 5.74) is 1.68. The van der Waals surface area contributed by atoms with Crippen LogP contribution >= 0.6 is 46.3 Å². The molecule has 0 fully saturated rings. The van der Waals surface area contributed by atoms with Crippen LogP contribution in [0.5, 0.6) is 5.75 Å². The van der Waals surface area contributed by atoms with Crippen molar-refractivity contribution in [1.29, 1.82) is 0 Å². The van der Waals surface area contributed by atoms with Gasteiger partial charge in [0.15, 0.2) is 0 Å². The normalized spacial score (nSPS) is 11.2. The third-order valence-corrected chi connectivity index (χ3v) is 7.05. The zero-order valence-corrected chi connectivity index (χ0v) is 20.9. The highest BCUT2D eigenvalue weighted by atomic mass is 35.5. The summed E-state index contributed by atoms with van der Waals surface area (Å²) < 4.78 is 5.12. The third-order valence-electron chi connectivity index (χ3n) is 4.46. The summed E-state index contributed by atoms with van der Waals surface area (Å²) >= 11 is 15.1. The molecule has 0 bridgehead atoms. The number of amides is 2. The van der Waals surface area contributed by atoms with Crippen molar-refractivity contribution < 1.29 is 14.3 Å². The molecule has 172 valence electrons. The Labute approximate surface area is 211 Å². The fourth-order valence-corrected chi connectivity index (χ4v) is 4.55. The van der Waals surface area contributed by atoms with Gasteiger partial charge in [-0.2, -0.15) is 11.8 Å². The zero-order valence-electron chi connectivity index (χ0n) is 17.8. The van der Waals surface area contributed by atoms with Gasteiger partial charge in [-0.05, 0) is 59.5 Å². The van der Waals surface area contributed by atoms with Crippen molar-refractivity contribution in [3.63, 3.8) is 0 Å². The molecule has 3 rings (SSSR count). The summed E-state index contributed by atoms with van der Waals surface area (Å²) in [6, 6.07) is 16.0. The van der Waals surface area contributed by atoms with Crippen molar-refractivity contribution in [2.75, 3.05) is 19.4 Å². The van der Waals surface area contributed by atoms with Gasteiger partial charge >= 0.3 is 0 Å². The summed E-state index contributed by atoms with van der Waals surface area (Å²) in [6.45, 7) is 0.449. The Hall–Kier alpha value is -2.45. The summed E-state index contributed by atoms with van der Waals surface area (Å²) in [5, 5.41) is 8.56. The van der Waals surface area contributed by atoms with Crippen LogP contribution in [0.25, 0.3) is 6.08 Å². The molecule has 0 spiro atoms. The van der Waals surface area contributed by atoms with Crippen molar-refractivity contribution in [3.05, 3.63) is 91.7 Å². The fraction of sp³-hybridized carbons (Fsp3) is 0.167. The molecule has 9 heteroatoms. The van der Waals surface area contributed by atoms with Crippen molar-refractivity contribution >= 4 is 64.2 Å². The molecule has 0 radical (unpaired) electrons. The second-order valence-corrected chi connectivity index (χ2v) is 9.71. The Kier molecular flexibility index (Phi) is 9.69. The lowest BCUT2D eigenvalue weighted by Gasteiger charge is -2.11. The monoisotopic (exact) mass is 520 g/mol. The lowest BCUT2D eigenvalue weighted by Crippen LogP contribution is -2.35. The molecule has 33 heavy (non-hydrogen) atoms. The third kappa shape index (κ3) is 7.82. The van der Waals surface area contributed by atoms with Gasteiger partial charge in [-0.25, -0.2) is 0 Å². The summed E-state index contributed by atoms with van der Waals surface area (Å²) in [5.74, 6) is 1.38. The van der Waals surface area contributed by atoms with Crippen molar-refractivity contribution in [3.8, 4) is 5.75 Å². The lowest BCUT2D eigenvalue weighted by molar-refractivity contribution is -0.117. The van der Waals surface area contributed by atoms with Crippen LogP contribution in [-0.4, -0.2) is 31.2 Å². The number of methoxy groups -OCH3 is 1. The second-order valence-electron chi connectivity index (χ2n) is 6.81. The smallest absolute Gasteiger partial charge is 0.267 e. The number of hydrogen-bond donors (Lipinski definition) is 2. The van der Waals surface area contributed by atoms with E-state index in [0.29, 0.717) is 33.7 Å². The van der Waals surface area contributed by atoms with E-state index in [9.17, 15) is 9.59 Å². The molecular weight excluding hydrogens is 499 g/mol. The first-order valence-corrected chi connectivity index (χ1v) is 12.8. The molecule has 0 saturated heterocycles. The molecule has 0 aliphatic heterocycles. The number of benzene rings is 2. The number of nitrogens with one attached hydrogen (secondary N) is 2. The number of hydrogen-bond acceptors (Lipinski definition) is 5. The second kappa shape index (κ2) is 12.7. The van der Waals surface area contributed by atoms with Crippen LogP contribution in [0.15, 0.2) is 65.7 Å². The van der Waals surface area contributed by atoms with E-state index < -0.39 is 0 Å². The van der Waals surface area contributed by atoms with Gasteiger partial charge in [-0.15, -0.1) is 11.3 Å². The molecule has 3 aromatic rings. The minimum absolute atomic E-state index is 0.188. The maximum atomic E-state index is 12.8. The van der Waals surface area contributed by atoms with Crippen LogP contribution in [0, 0.1) is 0 Å². The Morgan fingerprint density at radius 1 is 1.09 bits per heavy atom. The average molecular weight is 521 g/mol.